The summed E-state index contributed by atoms with van der Waals surface area (Å²) in [6.45, 7) is 3.78. The number of halogens is 3. The third kappa shape index (κ3) is 3.55. The molecule has 0 amide bonds. The highest BCUT2D eigenvalue weighted by molar-refractivity contribution is 8.03. The number of thioether (sulfide) groups is 1. The number of nitrogens with zero attached hydrogens (tertiary/aromatic N) is 4. The Morgan fingerprint density at radius 1 is 1.46 bits per heavy atom. The Labute approximate surface area is 142 Å². The first kappa shape index (κ1) is 18.3. The Morgan fingerprint density at radius 2 is 2.17 bits per heavy atom. The molecular formula is C15H18F3N5S. The number of nitrogens with one attached hydrogen (secondary N) is 1. The van der Waals surface area contributed by atoms with Crippen molar-refractivity contribution in [2.75, 3.05) is 12.8 Å². The van der Waals surface area contributed by atoms with E-state index in [0.29, 0.717) is 17.0 Å². The molecule has 0 aliphatic carbocycles. The number of aryl methyl sites for hydroxylation is 1. The van der Waals surface area contributed by atoms with Crippen LogP contribution in [0.15, 0.2) is 22.3 Å². The van der Waals surface area contributed by atoms with Crippen LogP contribution in [0.1, 0.15) is 25.4 Å². The number of rotatable bonds is 5. The number of aliphatic imine (C=N–C) groups is 1. The Kier molecular flexibility index (Phi) is 5.53. The number of hydrogen-bond acceptors (Lipinski definition) is 5. The molecule has 2 heterocycles. The molecule has 5 nitrogen and oxygen atoms in total. The van der Waals surface area contributed by atoms with E-state index < -0.39 is 11.9 Å². The number of imidazole rings is 1. The molecule has 1 N–H and O–H groups in total. The SMILES string of the molecule is C/C=N/C(=C(\NC)SCC)c1nc2cc(C(F)(F)F)ncc2n1C. The van der Waals surface area contributed by atoms with E-state index in [4.69, 9.17) is 0 Å². The van der Waals surface area contributed by atoms with E-state index in [1.54, 1.807) is 43.6 Å². The van der Waals surface area contributed by atoms with Gasteiger partial charge in [-0.1, -0.05) is 6.92 Å². The number of alkyl halides is 3. The third-order valence-electron chi connectivity index (χ3n) is 3.26. The lowest BCUT2D eigenvalue weighted by Gasteiger charge is -2.10. The van der Waals surface area contributed by atoms with E-state index in [9.17, 15) is 13.2 Å². The van der Waals surface area contributed by atoms with Crippen molar-refractivity contribution < 1.29 is 13.2 Å². The van der Waals surface area contributed by atoms with Crippen molar-refractivity contribution in [3.63, 3.8) is 0 Å². The van der Waals surface area contributed by atoms with E-state index in [1.807, 2.05) is 6.92 Å². The van der Waals surface area contributed by atoms with Crippen LogP contribution in [0.25, 0.3) is 16.7 Å². The lowest BCUT2D eigenvalue weighted by Crippen LogP contribution is -2.08. The van der Waals surface area contributed by atoms with Gasteiger partial charge in [0.2, 0.25) is 0 Å². The summed E-state index contributed by atoms with van der Waals surface area (Å²) in [5, 5.41) is 3.88. The van der Waals surface area contributed by atoms with Crippen LogP contribution in [0.4, 0.5) is 13.2 Å². The van der Waals surface area contributed by atoms with Crippen LogP contribution >= 0.6 is 11.8 Å². The van der Waals surface area contributed by atoms with Gasteiger partial charge in [0, 0.05) is 20.3 Å². The molecule has 0 aliphatic rings. The van der Waals surface area contributed by atoms with E-state index >= 15 is 0 Å². The second-order valence-corrected chi connectivity index (χ2v) is 6.07. The zero-order valence-corrected chi connectivity index (χ0v) is 14.6. The predicted octanol–water partition coefficient (Wildman–Crippen LogP) is 3.68. The van der Waals surface area contributed by atoms with E-state index in [0.717, 1.165) is 16.8 Å². The summed E-state index contributed by atoms with van der Waals surface area (Å²) in [6.07, 6.45) is -1.68. The highest BCUT2D eigenvalue weighted by Crippen LogP contribution is 2.31. The van der Waals surface area contributed by atoms with E-state index in [-0.39, 0.29) is 5.52 Å². The number of fused-ring (bicyclic) bond motifs is 1. The van der Waals surface area contributed by atoms with Gasteiger partial charge >= 0.3 is 6.18 Å². The predicted molar refractivity (Wildman–Crippen MR) is 91.8 cm³/mol. The monoisotopic (exact) mass is 357 g/mol. The van der Waals surface area contributed by atoms with E-state index in [1.165, 1.54) is 6.20 Å². The van der Waals surface area contributed by atoms with Gasteiger partial charge in [-0.3, -0.25) is 4.99 Å². The van der Waals surface area contributed by atoms with Crippen LogP contribution in [0, 0.1) is 0 Å². The van der Waals surface area contributed by atoms with Crippen molar-refractivity contribution in [1.29, 1.82) is 0 Å². The Morgan fingerprint density at radius 3 is 2.71 bits per heavy atom. The first-order valence-corrected chi connectivity index (χ1v) is 8.25. The summed E-state index contributed by atoms with van der Waals surface area (Å²) in [6, 6.07) is 0.956. The molecule has 2 rings (SSSR count). The molecule has 9 heteroatoms. The van der Waals surface area contributed by atoms with E-state index in [2.05, 4.69) is 20.3 Å². The molecule has 0 radical (unpaired) electrons. The van der Waals surface area contributed by atoms with Gasteiger partial charge in [-0.05, 0) is 18.7 Å². The zero-order chi connectivity index (χ0) is 17.9. The molecule has 2 aromatic heterocycles. The van der Waals surface area contributed by atoms with Crippen LogP contribution in [-0.2, 0) is 13.2 Å². The van der Waals surface area contributed by atoms with Crippen molar-refractivity contribution in [3.8, 4) is 0 Å². The molecule has 0 spiro atoms. The zero-order valence-electron chi connectivity index (χ0n) is 13.8. The largest absolute Gasteiger partial charge is 0.433 e. The first-order chi connectivity index (χ1) is 11.3. The highest BCUT2D eigenvalue weighted by atomic mass is 32.2. The average molecular weight is 357 g/mol. The van der Waals surface area contributed by atoms with Gasteiger partial charge < -0.3 is 9.88 Å². The van der Waals surface area contributed by atoms with Crippen LogP contribution < -0.4 is 5.32 Å². The van der Waals surface area contributed by atoms with Crippen molar-refractivity contribution >= 4 is 34.7 Å². The molecule has 0 aliphatic heterocycles. The number of hydrogen-bond donors (Lipinski definition) is 1. The summed E-state index contributed by atoms with van der Waals surface area (Å²) < 4.78 is 40.2. The summed E-state index contributed by atoms with van der Waals surface area (Å²) in [7, 11) is 3.50. The smallest absolute Gasteiger partial charge is 0.381 e. The molecule has 0 bridgehead atoms. The van der Waals surface area contributed by atoms with Gasteiger partial charge in [-0.2, -0.15) is 13.2 Å². The summed E-state index contributed by atoms with van der Waals surface area (Å²) in [4.78, 5) is 12.2. The van der Waals surface area contributed by atoms with Crippen LogP contribution in [0.3, 0.4) is 0 Å². The molecule has 0 unspecified atom stereocenters. The van der Waals surface area contributed by atoms with Crippen molar-refractivity contribution in [1.82, 2.24) is 19.9 Å². The molecule has 2 aromatic rings. The highest BCUT2D eigenvalue weighted by Gasteiger charge is 2.33. The van der Waals surface area contributed by atoms with Gasteiger partial charge in [0.15, 0.2) is 5.82 Å². The summed E-state index contributed by atoms with van der Waals surface area (Å²) in [5.41, 5.74) is 0.370. The minimum atomic E-state index is -4.50. The molecule has 24 heavy (non-hydrogen) atoms. The van der Waals surface area contributed by atoms with Crippen molar-refractivity contribution in [2.45, 2.75) is 20.0 Å². The molecule has 0 saturated heterocycles. The molecule has 0 saturated carbocycles. The van der Waals surface area contributed by atoms with Gasteiger partial charge in [0.1, 0.15) is 11.4 Å². The fourth-order valence-electron chi connectivity index (χ4n) is 2.21. The van der Waals surface area contributed by atoms with Crippen LogP contribution in [0.5, 0.6) is 0 Å². The molecular weight excluding hydrogens is 339 g/mol. The maximum atomic E-state index is 12.8. The summed E-state index contributed by atoms with van der Waals surface area (Å²) in [5.74, 6) is 1.30. The van der Waals surface area contributed by atoms with Crippen molar-refractivity contribution in [3.05, 3.63) is 28.8 Å². The standard InChI is InChI=1S/C15H18F3N5S/c1-5-20-12(14(19-3)24-6-2)13-22-9-7-11(15(16,17)18)21-8-10(9)23(13)4/h5,7-8,19H,6H2,1-4H3/b14-12+,20-5+. The van der Waals surface area contributed by atoms with Gasteiger partial charge in [0.25, 0.3) is 0 Å². The quantitative estimate of drug-likeness (QED) is 0.830. The maximum Gasteiger partial charge on any atom is 0.433 e. The van der Waals surface area contributed by atoms with Crippen LogP contribution in [-0.4, -0.2) is 33.6 Å². The maximum absolute atomic E-state index is 12.8. The Balaban J connectivity index is 2.68. The fourth-order valence-corrected chi connectivity index (χ4v) is 2.92. The topological polar surface area (TPSA) is 55.1 Å². The van der Waals surface area contributed by atoms with Crippen LogP contribution in [0.2, 0.25) is 0 Å². The molecule has 130 valence electrons. The average Bonchev–Trinajstić information content (AvgIpc) is 2.86. The Bertz CT molecular complexity index is 792. The van der Waals surface area contributed by atoms with Crippen molar-refractivity contribution in [2.24, 2.45) is 12.0 Å². The van der Waals surface area contributed by atoms with Gasteiger partial charge in [-0.15, -0.1) is 11.8 Å². The number of aromatic nitrogens is 3. The van der Waals surface area contributed by atoms with Gasteiger partial charge in [-0.25, -0.2) is 9.97 Å². The third-order valence-corrected chi connectivity index (χ3v) is 4.23. The Hall–Kier alpha value is -2.03. The van der Waals surface area contributed by atoms with Gasteiger partial charge in [0.05, 0.1) is 22.3 Å². The number of pyridine rings is 1. The summed E-state index contributed by atoms with van der Waals surface area (Å²) >= 11 is 1.55. The first-order valence-electron chi connectivity index (χ1n) is 7.27. The lowest BCUT2D eigenvalue weighted by atomic mass is 10.3. The normalized spacial score (nSPS) is 13.6. The lowest BCUT2D eigenvalue weighted by molar-refractivity contribution is -0.141. The molecule has 0 aromatic carbocycles. The second-order valence-electron chi connectivity index (χ2n) is 4.80. The minimum absolute atomic E-state index is 0.232. The fraction of sp³-hybridized carbons (Fsp3) is 0.400. The minimum Gasteiger partial charge on any atom is -0.381 e. The molecule has 0 fully saturated rings. The molecule has 0 atom stereocenters. The second kappa shape index (κ2) is 7.25.